The summed E-state index contributed by atoms with van der Waals surface area (Å²) in [6.45, 7) is 2.10. The summed E-state index contributed by atoms with van der Waals surface area (Å²) in [5.41, 5.74) is 1.53. The fourth-order valence-electron chi connectivity index (χ4n) is 3.01. The zero-order chi connectivity index (χ0) is 20.3. The molecule has 0 bridgehead atoms. The lowest BCUT2D eigenvalue weighted by atomic mass is 10.2. The third-order valence-corrected chi connectivity index (χ3v) is 6.65. The molecule has 0 atom stereocenters. The molecule has 2 aromatic rings. The Hall–Kier alpha value is -2.00. The van der Waals surface area contributed by atoms with E-state index >= 15 is 0 Å². The number of nitrogens with zero attached hydrogens (tertiary/aromatic N) is 2. The number of anilines is 1. The first kappa shape index (κ1) is 20.7. The van der Waals surface area contributed by atoms with Gasteiger partial charge in [-0.05, 0) is 48.7 Å². The predicted molar refractivity (Wildman–Crippen MR) is 107 cm³/mol. The van der Waals surface area contributed by atoms with Gasteiger partial charge in [0.2, 0.25) is 5.91 Å². The van der Waals surface area contributed by atoms with Gasteiger partial charge >= 0.3 is 0 Å². The molecule has 0 unspecified atom stereocenters. The van der Waals surface area contributed by atoms with Gasteiger partial charge in [-0.3, -0.25) is 4.79 Å². The molecule has 0 saturated carbocycles. The van der Waals surface area contributed by atoms with Crippen LogP contribution in [0.3, 0.4) is 0 Å². The molecule has 1 amide bonds. The number of rotatable bonds is 5. The summed E-state index contributed by atoms with van der Waals surface area (Å²) in [4.78, 5) is 12.3. The molecule has 1 heterocycles. The standard InChI is InChI=1S/C19H21ClFN3O3S/c1-14-6-7-17(11-18(14)21)22-19(25)13-24-9-3-8-23(28(24,26)27)12-15-4-2-5-16(20)10-15/h2,4-7,10-11H,3,8-9,12-13H2,1H3,(H,22,25). The summed E-state index contributed by atoms with van der Waals surface area (Å²) in [5, 5.41) is 3.08. The molecule has 150 valence electrons. The van der Waals surface area contributed by atoms with Crippen LogP contribution < -0.4 is 5.32 Å². The van der Waals surface area contributed by atoms with Crippen molar-refractivity contribution in [2.24, 2.45) is 0 Å². The van der Waals surface area contributed by atoms with E-state index in [1.807, 2.05) is 0 Å². The minimum atomic E-state index is -3.79. The lowest BCUT2D eigenvalue weighted by molar-refractivity contribution is -0.116. The zero-order valence-corrected chi connectivity index (χ0v) is 16.9. The van der Waals surface area contributed by atoms with Gasteiger partial charge < -0.3 is 5.32 Å². The average Bonchev–Trinajstić information content (AvgIpc) is 2.62. The van der Waals surface area contributed by atoms with Crippen LogP contribution in [0, 0.1) is 12.7 Å². The second-order valence-electron chi connectivity index (χ2n) is 6.67. The predicted octanol–water partition coefficient (Wildman–Crippen LogP) is 3.18. The van der Waals surface area contributed by atoms with Gasteiger partial charge in [0.05, 0.1) is 6.54 Å². The highest BCUT2D eigenvalue weighted by molar-refractivity contribution is 7.86. The van der Waals surface area contributed by atoms with E-state index < -0.39 is 21.9 Å². The number of nitrogens with one attached hydrogen (secondary N) is 1. The maximum Gasteiger partial charge on any atom is 0.282 e. The summed E-state index contributed by atoms with van der Waals surface area (Å²) in [6.07, 6.45) is 0.603. The molecule has 0 spiro atoms. The minimum Gasteiger partial charge on any atom is -0.325 e. The molecular weight excluding hydrogens is 405 g/mol. The van der Waals surface area contributed by atoms with Crippen LogP contribution in [0.25, 0.3) is 0 Å². The Morgan fingerprint density at radius 1 is 1.18 bits per heavy atom. The molecule has 9 heteroatoms. The molecule has 1 saturated heterocycles. The SMILES string of the molecule is Cc1ccc(NC(=O)CN2CCCN(Cc3cccc(Cl)c3)S2(=O)=O)cc1F. The van der Waals surface area contributed by atoms with Crippen molar-refractivity contribution in [3.8, 4) is 0 Å². The molecule has 3 rings (SSSR count). The van der Waals surface area contributed by atoms with Crippen LogP contribution in [0.1, 0.15) is 17.5 Å². The topological polar surface area (TPSA) is 69.7 Å². The van der Waals surface area contributed by atoms with Crippen LogP contribution in [0.4, 0.5) is 10.1 Å². The number of amides is 1. The lowest BCUT2D eigenvalue weighted by Crippen LogP contribution is -2.51. The van der Waals surface area contributed by atoms with Crippen LogP contribution in [0.15, 0.2) is 42.5 Å². The van der Waals surface area contributed by atoms with Gasteiger partial charge in [0.15, 0.2) is 0 Å². The van der Waals surface area contributed by atoms with Gasteiger partial charge in [0.25, 0.3) is 10.2 Å². The Morgan fingerprint density at radius 3 is 2.64 bits per heavy atom. The summed E-state index contributed by atoms with van der Waals surface area (Å²) in [7, 11) is -3.79. The highest BCUT2D eigenvalue weighted by Gasteiger charge is 2.34. The number of benzene rings is 2. The Labute approximate surface area is 169 Å². The molecule has 0 aromatic heterocycles. The van der Waals surface area contributed by atoms with Gasteiger partial charge in [-0.2, -0.15) is 17.0 Å². The molecule has 2 aromatic carbocycles. The highest BCUT2D eigenvalue weighted by atomic mass is 35.5. The zero-order valence-electron chi connectivity index (χ0n) is 15.4. The molecule has 1 N–H and O–H groups in total. The second-order valence-corrected chi connectivity index (χ2v) is 9.04. The van der Waals surface area contributed by atoms with Crippen LogP contribution in [0.2, 0.25) is 5.02 Å². The van der Waals surface area contributed by atoms with Crippen LogP contribution in [-0.2, 0) is 21.5 Å². The minimum absolute atomic E-state index is 0.185. The van der Waals surface area contributed by atoms with E-state index in [2.05, 4.69) is 5.32 Å². The van der Waals surface area contributed by atoms with Gasteiger partial charge in [0, 0.05) is 30.3 Å². The third kappa shape index (κ3) is 4.88. The van der Waals surface area contributed by atoms with Gasteiger partial charge in [-0.15, -0.1) is 0 Å². The Kier molecular flexibility index (Phi) is 6.34. The first-order valence-electron chi connectivity index (χ1n) is 8.81. The van der Waals surface area contributed by atoms with E-state index in [1.165, 1.54) is 10.4 Å². The quantitative estimate of drug-likeness (QED) is 0.799. The first-order valence-corrected chi connectivity index (χ1v) is 10.6. The van der Waals surface area contributed by atoms with Crippen LogP contribution >= 0.6 is 11.6 Å². The van der Waals surface area contributed by atoms with E-state index in [0.29, 0.717) is 29.2 Å². The molecule has 1 fully saturated rings. The van der Waals surface area contributed by atoms with Crippen molar-refractivity contribution in [3.63, 3.8) is 0 Å². The lowest BCUT2D eigenvalue weighted by Gasteiger charge is -2.34. The maximum atomic E-state index is 13.6. The van der Waals surface area contributed by atoms with E-state index in [4.69, 9.17) is 11.6 Å². The van der Waals surface area contributed by atoms with Crippen molar-refractivity contribution in [1.82, 2.24) is 8.61 Å². The molecule has 6 nitrogen and oxygen atoms in total. The Bertz CT molecular complexity index is 984. The molecule has 0 aliphatic carbocycles. The normalized spacial score (nSPS) is 17.4. The molecule has 1 aliphatic rings. The van der Waals surface area contributed by atoms with Crippen molar-refractivity contribution >= 4 is 33.4 Å². The number of carbonyl (C=O) groups is 1. The number of hydrogen-bond donors (Lipinski definition) is 1. The van der Waals surface area contributed by atoms with Crippen molar-refractivity contribution < 1.29 is 17.6 Å². The average molecular weight is 426 g/mol. The van der Waals surface area contributed by atoms with E-state index in [1.54, 1.807) is 43.3 Å². The Balaban J connectivity index is 1.67. The molecule has 1 aliphatic heterocycles. The summed E-state index contributed by atoms with van der Waals surface area (Å²) in [5.74, 6) is -0.951. The van der Waals surface area contributed by atoms with Crippen molar-refractivity contribution in [2.45, 2.75) is 19.9 Å². The molecule has 0 radical (unpaired) electrons. The fraction of sp³-hybridized carbons (Fsp3) is 0.316. The number of aryl methyl sites for hydroxylation is 1. The van der Waals surface area contributed by atoms with Gasteiger partial charge in [-0.1, -0.05) is 29.8 Å². The van der Waals surface area contributed by atoms with Crippen molar-refractivity contribution in [1.29, 1.82) is 0 Å². The largest absolute Gasteiger partial charge is 0.325 e. The maximum absolute atomic E-state index is 13.6. The second kappa shape index (κ2) is 8.57. The summed E-state index contributed by atoms with van der Waals surface area (Å²) in [6, 6.07) is 11.3. The monoisotopic (exact) mass is 425 g/mol. The third-order valence-electron chi connectivity index (χ3n) is 4.49. The summed E-state index contributed by atoms with van der Waals surface area (Å²) >= 11 is 5.97. The Morgan fingerprint density at radius 2 is 1.93 bits per heavy atom. The van der Waals surface area contributed by atoms with Gasteiger partial charge in [-0.25, -0.2) is 4.39 Å². The number of carbonyl (C=O) groups excluding carboxylic acids is 1. The van der Waals surface area contributed by atoms with E-state index in [0.717, 1.165) is 9.87 Å². The van der Waals surface area contributed by atoms with Crippen molar-refractivity contribution in [2.75, 3.05) is 25.0 Å². The van der Waals surface area contributed by atoms with Gasteiger partial charge in [0.1, 0.15) is 5.82 Å². The summed E-state index contributed by atoms with van der Waals surface area (Å²) < 4.78 is 41.8. The first-order chi connectivity index (χ1) is 13.3. The van der Waals surface area contributed by atoms with E-state index in [9.17, 15) is 17.6 Å². The smallest absolute Gasteiger partial charge is 0.282 e. The van der Waals surface area contributed by atoms with Crippen LogP contribution in [-0.4, -0.2) is 42.6 Å². The highest BCUT2D eigenvalue weighted by Crippen LogP contribution is 2.21. The number of halogens is 2. The fourth-order valence-corrected chi connectivity index (χ4v) is 4.86. The number of hydrogen-bond acceptors (Lipinski definition) is 3. The van der Waals surface area contributed by atoms with Crippen molar-refractivity contribution in [3.05, 3.63) is 64.4 Å². The molecule has 28 heavy (non-hydrogen) atoms. The molecular formula is C19H21ClFN3O3S. The van der Waals surface area contributed by atoms with Crippen LogP contribution in [0.5, 0.6) is 0 Å². The van der Waals surface area contributed by atoms with E-state index in [-0.39, 0.29) is 19.6 Å².